The summed E-state index contributed by atoms with van der Waals surface area (Å²) in [5.74, 6) is -2.66. The second kappa shape index (κ2) is 9.35. The third-order valence-corrected chi connectivity index (χ3v) is 4.14. The van der Waals surface area contributed by atoms with Crippen molar-refractivity contribution in [2.45, 2.75) is 25.4 Å². The molecule has 7 N–H and O–H groups in total. The molecule has 1 amide bonds. The Morgan fingerprint density at radius 1 is 1.17 bits per heavy atom. The lowest BCUT2D eigenvalue weighted by atomic mass is 10.1. The average molecular weight is 402 g/mol. The molecule has 0 radical (unpaired) electrons. The van der Waals surface area contributed by atoms with Gasteiger partial charge in [-0.3, -0.25) is 9.59 Å². The number of nitrogens with two attached hydrogens (primary N) is 2. The highest BCUT2D eigenvalue weighted by atomic mass is 16.4. The first-order chi connectivity index (χ1) is 13.7. The van der Waals surface area contributed by atoms with Crippen LogP contribution >= 0.6 is 0 Å². The molecule has 0 bridgehead atoms. The number of carbonyl (C=O) groups is 3. The zero-order chi connectivity index (χ0) is 21.6. The van der Waals surface area contributed by atoms with Crippen molar-refractivity contribution in [3.05, 3.63) is 41.6 Å². The minimum atomic E-state index is -1.29. The number of nitrogen functional groups attached to an aromatic ring is 2. The second-order valence-electron chi connectivity index (χ2n) is 6.34. The van der Waals surface area contributed by atoms with Crippen LogP contribution in [0.25, 0.3) is 0 Å². The first-order valence-corrected chi connectivity index (χ1v) is 8.61. The van der Waals surface area contributed by atoms with Gasteiger partial charge >= 0.3 is 11.9 Å². The van der Waals surface area contributed by atoms with Crippen LogP contribution in [0.3, 0.4) is 0 Å². The van der Waals surface area contributed by atoms with Gasteiger partial charge in [-0.2, -0.15) is 4.98 Å². The number of aliphatic carboxylic acids is 2. The van der Waals surface area contributed by atoms with Gasteiger partial charge < -0.3 is 31.9 Å². The number of hydrogen-bond acceptors (Lipinski definition) is 8. The first-order valence-electron chi connectivity index (χ1n) is 8.61. The van der Waals surface area contributed by atoms with Crippen LogP contribution in [0.2, 0.25) is 0 Å². The molecule has 1 aromatic heterocycles. The van der Waals surface area contributed by atoms with Crippen LogP contribution in [0.4, 0.5) is 17.5 Å². The van der Waals surface area contributed by atoms with Gasteiger partial charge in [-0.15, -0.1) is 0 Å². The number of carboxylic acid groups (broad SMARTS) is 2. The van der Waals surface area contributed by atoms with Crippen LogP contribution in [0.1, 0.15) is 28.8 Å². The van der Waals surface area contributed by atoms with Crippen molar-refractivity contribution >= 4 is 35.3 Å². The van der Waals surface area contributed by atoms with E-state index in [4.69, 9.17) is 21.7 Å². The topological polar surface area (TPSA) is 185 Å². The summed E-state index contributed by atoms with van der Waals surface area (Å²) in [5.41, 5.74) is 13.0. The first kappa shape index (κ1) is 21.4. The molecule has 0 fully saturated rings. The Morgan fingerprint density at radius 2 is 1.83 bits per heavy atom. The lowest BCUT2D eigenvalue weighted by molar-refractivity contribution is -0.140. The highest BCUT2D eigenvalue weighted by molar-refractivity contribution is 5.97. The molecule has 0 spiro atoms. The molecule has 1 heterocycles. The molecule has 2 aromatic rings. The zero-order valence-corrected chi connectivity index (χ0v) is 15.7. The van der Waals surface area contributed by atoms with E-state index in [0.29, 0.717) is 12.1 Å². The van der Waals surface area contributed by atoms with E-state index in [1.54, 1.807) is 30.5 Å². The van der Waals surface area contributed by atoms with Gasteiger partial charge in [0.1, 0.15) is 11.9 Å². The fraction of sp³-hybridized carbons (Fsp3) is 0.278. The number of hydrogen-bond donors (Lipinski definition) is 5. The number of benzene rings is 1. The van der Waals surface area contributed by atoms with Gasteiger partial charge in [0, 0.05) is 43.0 Å². The summed E-state index contributed by atoms with van der Waals surface area (Å²) in [6, 6.07) is 5.18. The Balaban J connectivity index is 2.03. The standard InChI is InChI=1S/C18H22N6O5/c1-24(9-11-8-21-18(20)23-15(11)19)12-4-2-10(3-5-12)16(27)22-13(17(28)29)6-7-14(25)26/h2-5,8,13H,6-7,9H2,1H3,(H,22,27)(H,25,26)(H,28,29)(H4,19,20,21,23)/t13-/m0/s1. The van der Waals surface area contributed by atoms with Crippen molar-refractivity contribution in [2.75, 3.05) is 23.4 Å². The van der Waals surface area contributed by atoms with Crippen LogP contribution in [-0.4, -0.2) is 51.1 Å². The summed E-state index contributed by atoms with van der Waals surface area (Å²) in [6.07, 6.45) is 0.973. The minimum Gasteiger partial charge on any atom is -0.481 e. The van der Waals surface area contributed by atoms with E-state index in [0.717, 1.165) is 5.69 Å². The predicted octanol–water partition coefficient (Wildman–Crippen LogP) is 0.325. The monoisotopic (exact) mass is 402 g/mol. The SMILES string of the molecule is CN(Cc1cnc(N)nc1N)c1ccc(C(=O)N[C@@H](CCC(=O)O)C(=O)O)cc1. The molecular formula is C18H22N6O5. The minimum absolute atomic E-state index is 0.0901. The molecule has 0 aliphatic heterocycles. The van der Waals surface area contributed by atoms with E-state index in [1.165, 1.54) is 0 Å². The number of amides is 1. The summed E-state index contributed by atoms with van der Waals surface area (Å²) in [5, 5.41) is 20.1. The molecule has 1 atom stereocenters. The molecule has 0 saturated carbocycles. The third kappa shape index (κ3) is 6.06. The fourth-order valence-corrected chi connectivity index (χ4v) is 2.54. The largest absolute Gasteiger partial charge is 0.481 e. The van der Waals surface area contributed by atoms with E-state index in [1.807, 2.05) is 11.9 Å². The molecule has 0 unspecified atom stereocenters. The lowest BCUT2D eigenvalue weighted by Gasteiger charge is -2.20. The maximum absolute atomic E-state index is 12.3. The van der Waals surface area contributed by atoms with E-state index in [9.17, 15) is 14.4 Å². The van der Waals surface area contributed by atoms with Crippen LogP contribution < -0.4 is 21.7 Å². The summed E-state index contributed by atoms with van der Waals surface area (Å²) in [6.45, 7) is 0.411. The van der Waals surface area contributed by atoms with Crippen molar-refractivity contribution in [1.82, 2.24) is 15.3 Å². The van der Waals surface area contributed by atoms with Crippen molar-refractivity contribution in [2.24, 2.45) is 0 Å². The Labute approximate surface area is 166 Å². The Bertz CT molecular complexity index is 902. The van der Waals surface area contributed by atoms with E-state index in [2.05, 4.69) is 15.3 Å². The molecule has 29 heavy (non-hydrogen) atoms. The molecule has 0 aliphatic carbocycles. The second-order valence-corrected chi connectivity index (χ2v) is 6.34. The molecule has 154 valence electrons. The van der Waals surface area contributed by atoms with Gasteiger partial charge in [0.05, 0.1) is 0 Å². The number of anilines is 3. The van der Waals surface area contributed by atoms with Crippen LogP contribution in [0.15, 0.2) is 30.5 Å². The molecule has 11 heteroatoms. The maximum atomic E-state index is 12.3. The predicted molar refractivity (Wildman–Crippen MR) is 105 cm³/mol. The molecular weight excluding hydrogens is 380 g/mol. The summed E-state index contributed by atoms with van der Waals surface area (Å²) in [4.78, 5) is 43.8. The lowest BCUT2D eigenvalue weighted by Crippen LogP contribution is -2.41. The van der Waals surface area contributed by atoms with Gasteiger partial charge in [0.25, 0.3) is 5.91 Å². The van der Waals surface area contributed by atoms with Crippen molar-refractivity contribution < 1.29 is 24.6 Å². The van der Waals surface area contributed by atoms with Gasteiger partial charge in [0.15, 0.2) is 0 Å². The molecule has 0 saturated heterocycles. The number of carbonyl (C=O) groups excluding carboxylic acids is 1. The summed E-state index contributed by atoms with van der Waals surface area (Å²) in [7, 11) is 1.82. The quantitative estimate of drug-likeness (QED) is 0.391. The average Bonchev–Trinajstić information content (AvgIpc) is 2.66. The Morgan fingerprint density at radius 3 is 2.38 bits per heavy atom. The normalized spacial score (nSPS) is 11.5. The maximum Gasteiger partial charge on any atom is 0.326 e. The van der Waals surface area contributed by atoms with Crippen LogP contribution in [0.5, 0.6) is 0 Å². The number of nitrogens with one attached hydrogen (secondary N) is 1. The van der Waals surface area contributed by atoms with E-state index in [-0.39, 0.29) is 30.2 Å². The number of nitrogens with zero attached hydrogens (tertiary/aromatic N) is 3. The molecule has 0 aliphatic rings. The number of aromatic nitrogens is 2. The smallest absolute Gasteiger partial charge is 0.326 e. The van der Waals surface area contributed by atoms with E-state index >= 15 is 0 Å². The third-order valence-electron chi connectivity index (χ3n) is 4.14. The van der Waals surface area contributed by atoms with Crippen molar-refractivity contribution in [1.29, 1.82) is 0 Å². The van der Waals surface area contributed by atoms with Gasteiger partial charge in [0.2, 0.25) is 5.95 Å². The number of carboxylic acids is 2. The zero-order valence-electron chi connectivity index (χ0n) is 15.7. The van der Waals surface area contributed by atoms with Crippen LogP contribution in [0, 0.1) is 0 Å². The summed E-state index contributed by atoms with van der Waals surface area (Å²) < 4.78 is 0. The van der Waals surface area contributed by atoms with Gasteiger partial charge in [-0.1, -0.05) is 0 Å². The fourth-order valence-electron chi connectivity index (χ4n) is 2.54. The van der Waals surface area contributed by atoms with Crippen LogP contribution in [-0.2, 0) is 16.1 Å². The molecule has 2 rings (SSSR count). The van der Waals surface area contributed by atoms with Gasteiger partial charge in [-0.25, -0.2) is 9.78 Å². The Kier molecular flexibility index (Phi) is 6.90. The summed E-state index contributed by atoms with van der Waals surface area (Å²) >= 11 is 0. The Hall–Kier alpha value is -3.89. The highest BCUT2D eigenvalue weighted by Gasteiger charge is 2.21. The molecule has 11 nitrogen and oxygen atoms in total. The number of rotatable bonds is 9. The highest BCUT2D eigenvalue weighted by Crippen LogP contribution is 2.18. The van der Waals surface area contributed by atoms with Crippen molar-refractivity contribution in [3.63, 3.8) is 0 Å². The van der Waals surface area contributed by atoms with E-state index < -0.39 is 23.9 Å². The van der Waals surface area contributed by atoms with Gasteiger partial charge in [-0.05, 0) is 30.7 Å². The van der Waals surface area contributed by atoms with Crippen molar-refractivity contribution in [3.8, 4) is 0 Å². The molecule has 1 aromatic carbocycles.